The molecule has 0 spiro atoms. The average molecular weight is 649 g/mol. The van der Waals surface area contributed by atoms with E-state index < -0.39 is 11.6 Å². The van der Waals surface area contributed by atoms with E-state index in [9.17, 15) is 13.6 Å². The molecular formula is C31H26F2IN5O. The van der Waals surface area contributed by atoms with E-state index in [4.69, 9.17) is 0 Å². The lowest BCUT2D eigenvalue weighted by molar-refractivity contribution is 0.0789. The maximum atomic E-state index is 14.8. The van der Waals surface area contributed by atoms with E-state index in [0.717, 1.165) is 38.9 Å². The predicted molar refractivity (Wildman–Crippen MR) is 161 cm³/mol. The van der Waals surface area contributed by atoms with Crippen LogP contribution in [0, 0.1) is 15.2 Å². The van der Waals surface area contributed by atoms with Gasteiger partial charge in [-0.25, -0.2) is 13.8 Å². The quantitative estimate of drug-likeness (QED) is 0.254. The van der Waals surface area contributed by atoms with E-state index in [0.29, 0.717) is 29.5 Å². The summed E-state index contributed by atoms with van der Waals surface area (Å²) < 4.78 is 30.6. The zero-order chi connectivity index (χ0) is 27.8. The van der Waals surface area contributed by atoms with Gasteiger partial charge in [0.15, 0.2) is 0 Å². The third kappa shape index (κ3) is 5.11. The number of hydrogen-bond donors (Lipinski definition) is 2. The normalized spacial score (nSPS) is 16.1. The molecule has 0 aliphatic carbocycles. The number of nitrogens with zero attached hydrogens (tertiary/aromatic N) is 3. The molecule has 1 atom stereocenters. The molecule has 1 amide bonds. The minimum absolute atomic E-state index is 0.00451. The van der Waals surface area contributed by atoms with Gasteiger partial charge >= 0.3 is 0 Å². The fraction of sp³-hybridized carbons (Fsp3) is 0.194. The van der Waals surface area contributed by atoms with Gasteiger partial charge in [-0.2, -0.15) is 0 Å². The van der Waals surface area contributed by atoms with E-state index in [2.05, 4.69) is 43.2 Å². The Morgan fingerprint density at radius 2 is 1.80 bits per heavy atom. The van der Waals surface area contributed by atoms with Crippen LogP contribution in [-0.4, -0.2) is 47.7 Å². The second-order valence-corrected chi connectivity index (χ2v) is 11.2. The van der Waals surface area contributed by atoms with Crippen LogP contribution in [0.3, 0.4) is 0 Å². The minimum Gasteiger partial charge on any atom is -0.340 e. The number of carbonyl (C=O) groups excluding carboxylic acids is 1. The van der Waals surface area contributed by atoms with Gasteiger partial charge in [-0.3, -0.25) is 9.79 Å². The summed E-state index contributed by atoms with van der Waals surface area (Å²) in [5.74, 6) is -0.714. The van der Waals surface area contributed by atoms with E-state index >= 15 is 0 Å². The zero-order valence-corrected chi connectivity index (χ0v) is 23.9. The molecule has 3 aromatic carbocycles. The number of aliphatic imine (C=N–C) groups is 1. The Morgan fingerprint density at radius 3 is 2.58 bits per heavy atom. The van der Waals surface area contributed by atoms with Crippen molar-refractivity contribution in [2.24, 2.45) is 4.99 Å². The van der Waals surface area contributed by atoms with Crippen LogP contribution in [-0.2, 0) is 6.54 Å². The first-order valence-corrected chi connectivity index (χ1v) is 14.1. The number of anilines is 2. The highest BCUT2D eigenvalue weighted by molar-refractivity contribution is 14.1. The van der Waals surface area contributed by atoms with Crippen LogP contribution < -0.4 is 10.6 Å². The highest BCUT2D eigenvalue weighted by Gasteiger charge is 2.27. The number of benzene rings is 3. The molecule has 1 aromatic heterocycles. The lowest BCUT2D eigenvalue weighted by atomic mass is 9.92. The Kier molecular flexibility index (Phi) is 7.33. The van der Waals surface area contributed by atoms with Crippen molar-refractivity contribution in [3.05, 3.63) is 110 Å². The first-order valence-electron chi connectivity index (χ1n) is 13.0. The molecule has 4 aromatic rings. The molecule has 0 bridgehead atoms. The number of aromatic nitrogens is 1. The molecule has 2 N–H and O–H groups in total. The van der Waals surface area contributed by atoms with Gasteiger partial charge in [0.05, 0.1) is 17.8 Å². The minimum atomic E-state index is -0.653. The Bertz CT molecular complexity index is 1640. The molecule has 6 nitrogen and oxygen atoms in total. The molecule has 6 rings (SSSR count). The highest BCUT2D eigenvalue weighted by Crippen LogP contribution is 2.36. The van der Waals surface area contributed by atoms with Crippen LogP contribution in [0.2, 0.25) is 0 Å². The Hall–Kier alpha value is -3.70. The highest BCUT2D eigenvalue weighted by atomic mass is 127. The Balaban J connectivity index is 1.33. The largest absolute Gasteiger partial charge is 0.340 e. The van der Waals surface area contributed by atoms with Crippen molar-refractivity contribution >= 4 is 45.7 Å². The molecule has 2 aliphatic rings. The molecule has 0 saturated carbocycles. The first kappa shape index (κ1) is 26.5. The number of fused-ring (bicyclic) bond motifs is 3. The van der Waals surface area contributed by atoms with Gasteiger partial charge in [-0.05, 0) is 101 Å². The number of rotatable bonds is 5. The van der Waals surface area contributed by atoms with E-state index in [1.54, 1.807) is 6.20 Å². The van der Waals surface area contributed by atoms with E-state index in [1.165, 1.54) is 18.2 Å². The number of likely N-dealkylation sites (N-methyl/N-ethyl adjacent to an activating group) is 1. The lowest BCUT2D eigenvalue weighted by Gasteiger charge is -2.17. The average Bonchev–Trinajstić information content (AvgIpc) is 3.39. The van der Waals surface area contributed by atoms with E-state index in [1.807, 2.05) is 60.5 Å². The Morgan fingerprint density at radius 1 is 1.00 bits per heavy atom. The molecule has 1 unspecified atom stereocenters. The van der Waals surface area contributed by atoms with Crippen LogP contribution in [0.15, 0.2) is 77.9 Å². The number of halogens is 3. The number of nitrogens with one attached hydrogen (secondary N) is 2. The maximum absolute atomic E-state index is 14.8. The van der Waals surface area contributed by atoms with Gasteiger partial charge in [-0.1, -0.05) is 18.2 Å². The fourth-order valence-corrected chi connectivity index (χ4v) is 5.80. The predicted octanol–water partition coefficient (Wildman–Crippen LogP) is 6.16. The van der Waals surface area contributed by atoms with Crippen molar-refractivity contribution < 1.29 is 13.6 Å². The van der Waals surface area contributed by atoms with Crippen molar-refractivity contribution in [2.45, 2.75) is 19.0 Å². The molecular weight excluding hydrogens is 623 g/mol. The Labute approximate surface area is 244 Å². The standard InChI is InChI=1S/C31H26F2IN5O/c1-35-22-10-11-39(17-22)31(40)18-4-2-5-21(12-18)38-28-14-24-19(15-36-28)16-37-30(25-13-20(34)8-9-23(24)25)29-26(32)6-3-7-27(29)33/h2-9,12-15,22,35H,10-11,16-17H2,1H3,(H,36,38). The second kappa shape index (κ2) is 11.1. The SMILES string of the molecule is CNC1CCN(C(=O)c2cccc(Nc3cc4c(cn3)CN=C(c3c(F)cccc3F)c3cc(I)ccc3-4)c2)C1. The number of hydrogen-bond acceptors (Lipinski definition) is 5. The smallest absolute Gasteiger partial charge is 0.253 e. The summed E-state index contributed by atoms with van der Waals surface area (Å²) in [7, 11) is 1.92. The molecule has 3 heterocycles. The number of likely N-dealkylation sites (tertiary alicyclic amines) is 1. The first-order chi connectivity index (χ1) is 19.4. The zero-order valence-electron chi connectivity index (χ0n) is 21.7. The van der Waals surface area contributed by atoms with Crippen molar-refractivity contribution in [3.63, 3.8) is 0 Å². The summed E-state index contributed by atoms with van der Waals surface area (Å²) in [4.78, 5) is 24.2. The van der Waals surface area contributed by atoms with Crippen molar-refractivity contribution in [2.75, 3.05) is 25.5 Å². The van der Waals surface area contributed by atoms with Crippen molar-refractivity contribution in [1.82, 2.24) is 15.2 Å². The molecule has 1 saturated heterocycles. The second-order valence-electron chi connectivity index (χ2n) is 9.91. The van der Waals surface area contributed by atoms with Crippen LogP contribution in [0.25, 0.3) is 11.1 Å². The number of carbonyl (C=O) groups is 1. The third-order valence-corrected chi connectivity index (χ3v) is 8.06. The molecule has 2 aliphatic heterocycles. The van der Waals surface area contributed by atoms with Crippen LogP contribution in [0.1, 0.15) is 33.5 Å². The molecule has 1 fully saturated rings. The van der Waals surface area contributed by atoms with Crippen LogP contribution in [0.5, 0.6) is 0 Å². The summed E-state index contributed by atoms with van der Waals surface area (Å²) in [5.41, 5.74) is 4.69. The monoisotopic (exact) mass is 649 g/mol. The molecule has 202 valence electrons. The van der Waals surface area contributed by atoms with Gasteiger partial charge in [0.2, 0.25) is 0 Å². The summed E-state index contributed by atoms with van der Waals surface area (Å²) in [6, 6.07) is 19.3. The number of pyridine rings is 1. The summed E-state index contributed by atoms with van der Waals surface area (Å²) in [6.45, 7) is 1.65. The van der Waals surface area contributed by atoms with Crippen molar-refractivity contribution in [3.8, 4) is 11.1 Å². The maximum Gasteiger partial charge on any atom is 0.253 e. The third-order valence-electron chi connectivity index (χ3n) is 7.39. The van der Waals surface area contributed by atoms with E-state index in [-0.39, 0.29) is 23.7 Å². The summed E-state index contributed by atoms with van der Waals surface area (Å²) >= 11 is 2.19. The van der Waals surface area contributed by atoms with Gasteiger partial charge < -0.3 is 15.5 Å². The summed E-state index contributed by atoms with van der Waals surface area (Å²) in [5, 5.41) is 6.57. The van der Waals surface area contributed by atoms with Crippen LogP contribution >= 0.6 is 22.6 Å². The number of amides is 1. The van der Waals surface area contributed by atoms with Gasteiger partial charge in [0, 0.05) is 45.7 Å². The van der Waals surface area contributed by atoms with Gasteiger partial charge in [0.1, 0.15) is 17.5 Å². The lowest BCUT2D eigenvalue weighted by Crippen LogP contribution is -2.33. The molecule has 9 heteroatoms. The molecule has 0 radical (unpaired) electrons. The van der Waals surface area contributed by atoms with Gasteiger partial charge in [-0.15, -0.1) is 0 Å². The fourth-order valence-electron chi connectivity index (χ4n) is 5.30. The van der Waals surface area contributed by atoms with Crippen molar-refractivity contribution in [1.29, 1.82) is 0 Å². The molecule has 40 heavy (non-hydrogen) atoms. The van der Waals surface area contributed by atoms with Gasteiger partial charge in [0.25, 0.3) is 5.91 Å². The topological polar surface area (TPSA) is 69.6 Å². The van der Waals surface area contributed by atoms with Crippen LogP contribution in [0.4, 0.5) is 20.3 Å². The summed E-state index contributed by atoms with van der Waals surface area (Å²) in [6.07, 6.45) is 2.68.